The lowest BCUT2D eigenvalue weighted by Crippen LogP contribution is -2.27. The number of hydrogen-bond acceptors (Lipinski definition) is 4. The summed E-state index contributed by atoms with van der Waals surface area (Å²) in [5.41, 5.74) is 1.35. The van der Waals surface area contributed by atoms with Gasteiger partial charge >= 0.3 is 0 Å². The second kappa shape index (κ2) is 10.3. The third-order valence-electron chi connectivity index (χ3n) is 5.33. The fourth-order valence-corrected chi connectivity index (χ4v) is 4.32. The summed E-state index contributed by atoms with van der Waals surface area (Å²) in [6.07, 6.45) is 9.23. The maximum Gasteiger partial charge on any atom is 0.229 e. The summed E-state index contributed by atoms with van der Waals surface area (Å²) >= 11 is 0. The molecule has 5 nitrogen and oxygen atoms in total. The molecule has 0 bridgehead atoms. The molecular formula is C20H34N2O3S. The van der Waals surface area contributed by atoms with Crippen LogP contribution in [0.3, 0.4) is 0 Å². The smallest absolute Gasteiger partial charge is 0.229 e. The highest BCUT2D eigenvalue weighted by atomic mass is 32.2. The van der Waals surface area contributed by atoms with Crippen molar-refractivity contribution in [1.82, 2.24) is 4.90 Å². The van der Waals surface area contributed by atoms with Gasteiger partial charge in [-0.3, -0.25) is 4.72 Å². The number of rotatable bonds is 11. The molecule has 1 saturated carbocycles. The van der Waals surface area contributed by atoms with E-state index in [2.05, 4.69) is 16.5 Å². The van der Waals surface area contributed by atoms with Crippen LogP contribution in [0.15, 0.2) is 24.3 Å². The van der Waals surface area contributed by atoms with E-state index in [4.69, 9.17) is 0 Å². The Kier molecular flexibility index (Phi) is 8.38. The summed E-state index contributed by atoms with van der Waals surface area (Å²) in [4.78, 5) is 2.49. The van der Waals surface area contributed by atoms with E-state index in [1.165, 1.54) is 38.6 Å². The minimum atomic E-state index is -3.27. The van der Waals surface area contributed by atoms with Crippen LogP contribution in [0, 0.1) is 5.92 Å². The van der Waals surface area contributed by atoms with Crippen molar-refractivity contribution in [3.8, 4) is 0 Å². The molecule has 0 spiro atoms. The largest absolute Gasteiger partial charge is 0.388 e. The number of aliphatic hydroxyl groups is 1. The Morgan fingerprint density at radius 1 is 1.19 bits per heavy atom. The summed E-state index contributed by atoms with van der Waals surface area (Å²) in [6.45, 7) is 5.46. The Hall–Kier alpha value is -1.11. The maximum atomic E-state index is 11.2. The second-order valence-electron chi connectivity index (χ2n) is 7.53. The van der Waals surface area contributed by atoms with Crippen LogP contribution < -0.4 is 4.72 Å². The molecule has 0 aliphatic heterocycles. The van der Waals surface area contributed by atoms with Crippen LogP contribution in [0.1, 0.15) is 63.5 Å². The van der Waals surface area contributed by atoms with Crippen LogP contribution >= 0.6 is 0 Å². The van der Waals surface area contributed by atoms with E-state index in [-0.39, 0.29) is 0 Å². The summed E-state index contributed by atoms with van der Waals surface area (Å²) in [6, 6.07) is 6.96. The van der Waals surface area contributed by atoms with Gasteiger partial charge in [0.2, 0.25) is 10.0 Å². The molecule has 6 heteroatoms. The first-order valence-corrected chi connectivity index (χ1v) is 11.7. The molecule has 0 saturated heterocycles. The molecule has 148 valence electrons. The molecule has 1 aliphatic carbocycles. The van der Waals surface area contributed by atoms with Crippen molar-refractivity contribution in [2.45, 2.75) is 58.0 Å². The molecule has 26 heavy (non-hydrogen) atoms. The third kappa shape index (κ3) is 7.64. The average Bonchev–Trinajstić information content (AvgIpc) is 3.10. The molecule has 1 aliphatic rings. The molecule has 0 heterocycles. The third-order valence-corrected chi connectivity index (χ3v) is 5.93. The highest BCUT2D eigenvalue weighted by molar-refractivity contribution is 7.92. The van der Waals surface area contributed by atoms with Gasteiger partial charge < -0.3 is 10.0 Å². The lowest BCUT2D eigenvalue weighted by Gasteiger charge is -2.23. The van der Waals surface area contributed by atoms with Gasteiger partial charge in [-0.1, -0.05) is 44.7 Å². The normalized spacial score (nSPS) is 16.9. The van der Waals surface area contributed by atoms with Gasteiger partial charge in [0, 0.05) is 5.69 Å². The first-order valence-electron chi connectivity index (χ1n) is 9.85. The predicted molar refractivity (Wildman–Crippen MR) is 108 cm³/mol. The summed E-state index contributed by atoms with van der Waals surface area (Å²) in [5, 5.41) is 10.4. The van der Waals surface area contributed by atoms with Gasteiger partial charge in [-0.05, 0) is 62.5 Å². The monoisotopic (exact) mass is 382 g/mol. The quantitative estimate of drug-likeness (QED) is 0.611. The van der Waals surface area contributed by atoms with Gasteiger partial charge in [0.1, 0.15) is 0 Å². The van der Waals surface area contributed by atoms with E-state index < -0.39 is 16.1 Å². The molecule has 1 atom stereocenters. The zero-order chi connectivity index (χ0) is 19.0. The number of nitrogens with zero attached hydrogens (tertiary/aromatic N) is 1. The number of nitrogens with one attached hydrogen (secondary N) is 1. The Labute approximate surface area is 158 Å². The molecule has 0 radical (unpaired) electrons. The number of hydrogen-bond donors (Lipinski definition) is 2. The molecule has 2 N–H and O–H groups in total. The topological polar surface area (TPSA) is 69.6 Å². The summed E-state index contributed by atoms with van der Waals surface area (Å²) in [5.74, 6) is 0.925. The number of benzene rings is 1. The molecule has 1 unspecified atom stereocenters. The van der Waals surface area contributed by atoms with Crippen molar-refractivity contribution in [3.05, 3.63) is 29.8 Å². The van der Waals surface area contributed by atoms with Crippen molar-refractivity contribution in [3.63, 3.8) is 0 Å². The number of sulfonamides is 1. The molecule has 0 aromatic heterocycles. The van der Waals surface area contributed by atoms with Gasteiger partial charge in [-0.2, -0.15) is 0 Å². The zero-order valence-electron chi connectivity index (χ0n) is 16.2. The van der Waals surface area contributed by atoms with Crippen molar-refractivity contribution >= 4 is 15.7 Å². The van der Waals surface area contributed by atoms with Gasteiger partial charge in [-0.25, -0.2) is 8.42 Å². The lowest BCUT2D eigenvalue weighted by molar-refractivity contribution is 0.155. The molecule has 2 rings (SSSR count). The first-order chi connectivity index (χ1) is 12.4. The van der Waals surface area contributed by atoms with E-state index in [9.17, 15) is 13.5 Å². The van der Waals surface area contributed by atoms with Crippen LogP contribution in [0.25, 0.3) is 0 Å². The summed E-state index contributed by atoms with van der Waals surface area (Å²) < 4.78 is 24.9. The fourth-order valence-electron chi connectivity index (χ4n) is 3.75. The Bertz CT molecular complexity index is 625. The van der Waals surface area contributed by atoms with E-state index in [0.717, 1.165) is 43.7 Å². The standard InChI is InChI=1S/C20H34N2O3S/c1-3-22(16-14-17-7-4-5-8-17)15-6-9-20(23)18-10-12-19(13-11-18)21-26(2,24)25/h10-13,17,20-21,23H,3-9,14-16H2,1-2H3. The minimum absolute atomic E-state index is 0.504. The molecule has 1 aromatic rings. The predicted octanol–water partition coefficient (Wildman–Crippen LogP) is 3.77. The average molecular weight is 383 g/mol. The van der Waals surface area contributed by atoms with E-state index in [0.29, 0.717) is 5.69 Å². The molecule has 1 aromatic carbocycles. The number of aliphatic hydroxyl groups excluding tert-OH is 1. The van der Waals surface area contributed by atoms with Gasteiger partial charge in [-0.15, -0.1) is 0 Å². The minimum Gasteiger partial charge on any atom is -0.388 e. The molecular weight excluding hydrogens is 348 g/mol. The SMILES string of the molecule is CCN(CCCC(O)c1ccc(NS(C)(=O)=O)cc1)CCC1CCCC1. The highest BCUT2D eigenvalue weighted by Gasteiger charge is 2.16. The number of anilines is 1. The van der Waals surface area contributed by atoms with Crippen molar-refractivity contribution < 1.29 is 13.5 Å². The Morgan fingerprint density at radius 2 is 1.85 bits per heavy atom. The van der Waals surface area contributed by atoms with Gasteiger partial charge in [0.25, 0.3) is 0 Å². The van der Waals surface area contributed by atoms with Crippen LogP contribution in [-0.4, -0.2) is 44.3 Å². The second-order valence-corrected chi connectivity index (χ2v) is 9.28. The van der Waals surface area contributed by atoms with Gasteiger partial charge in [0.05, 0.1) is 12.4 Å². The van der Waals surface area contributed by atoms with Crippen LogP contribution in [0.4, 0.5) is 5.69 Å². The first kappa shape index (κ1) is 21.2. The fraction of sp³-hybridized carbons (Fsp3) is 0.700. The zero-order valence-corrected chi connectivity index (χ0v) is 17.0. The lowest BCUT2D eigenvalue weighted by atomic mass is 10.0. The Morgan fingerprint density at radius 3 is 2.42 bits per heavy atom. The van der Waals surface area contributed by atoms with Crippen LogP contribution in [0.2, 0.25) is 0 Å². The van der Waals surface area contributed by atoms with E-state index in [1.54, 1.807) is 24.3 Å². The van der Waals surface area contributed by atoms with Crippen LogP contribution in [-0.2, 0) is 10.0 Å². The van der Waals surface area contributed by atoms with E-state index >= 15 is 0 Å². The van der Waals surface area contributed by atoms with Crippen molar-refractivity contribution in [2.24, 2.45) is 5.92 Å². The van der Waals surface area contributed by atoms with Crippen molar-refractivity contribution in [1.29, 1.82) is 0 Å². The van der Waals surface area contributed by atoms with E-state index in [1.807, 2.05) is 0 Å². The maximum absolute atomic E-state index is 11.2. The Balaban J connectivity index is 1.71. The highest BCUT2D eigenvalue weighted by Crippen LogP contribution is 2.27. The van der Waals surface area contributed by atoms with Crippen molar-refractivity contribution in [2.75, 3.05) is 30.6 Å². The molecule has 0 amide bonds. The van der Waals surface area contributed by atoms with Gasteiger partial charge in [0.15, 0.2) is 0 Å². The molecule has 1 fully saturated rings. The van der Waals surface area contributed by atoms with Crippen LogP contribution in [0.5, 0.6) is 0 Å². The summed E-state index contributed by atoms with van der Waals surface area (Å²) in [7, 11) is -3.27.